The summed E-state index contributed by atoms with van der Waals surface area (Å²) in [5.41, 5.74) is 2.73. The first-order chi connectivity index (χ1) is 7.93. The molecule has 0 aliphatic rings. The van der Waals surface area contributed by atoms with Crippen molar-refractivity contribution in [3.63, 3.8) is 0 Å². The molecule has 1 rings (SSSR count). The predicted molar refractivity (Wildman–Crippen MR) is 72.8 cm³/mol. The van der Waals surface area contributed by atoms with Crippen molar-refractivity contribution in [2.75, 3.05) is 5.32 Å². The van der Waals surface area contributed by atoms with Crippen molar-refractivity contribution in [2.45, 2.75) is 40.2 Å². The molecule has 94 valence electrons. The summed E-state index contributed by atoms with van der Waals surface area (Å²) in [4.78, 5) is 11.7. The molecule has 0 spiro atoms. The highest BCUT2D eigenvalue weighted by molar-refractivity contribution is 6.34. The fourth-order valence-corrected chi connectivity index (χ4v) is 1.92. The number of carbonyl (C=O) groups is 1. The van der Waals surface area contributed by atoms with E-state index < -0.39 is 0 Å². The first kappa shape index (κ1) is 13.8. The molecule has 0 unspecified atom stereocenters. The van der Waals surface area contributed by atoms with Crippen molar-refractivity contribution in [1.29, 1.82) is 0 Å². The predicted octanol–water partition coefficient (Wildman–Crippen LogP) is 3.88. The van der Waals surface area contributed by atoms with Crippen LogP contribution in [0, 0.1) is 13.8 Å². The van der Waals surface area contributed by atoms with Crippen LogP contribution in [-0.2, 0) is 0 Å². The van der Waals surface area contributed by atoms with Gasteiger partial charge < -0.3 is 10.6 Å². The summed E-state index contributed by atoms with van der Waals surface area (Å²) in [7, 11) is 0. The van der Waals surface area contributed by atoms with E-state index in [0.717, 1.165) is 17.5 Å². The summed E-state index contributed by atoms with van der Waals surface area (Å²) < 4.78 is 0. The molecule has 0 aliphatic carbocycles. The van der Waals surface area contributed by atoms with Gasteiger partial charge in [-0.15, -0.1) is 0 Å². The Labute approximate surface area is 108 Å². The Kier molecular flexibility index (Phi) is 4.82. The standard InChI is InChI=1S/C13H19ClN2O/c1-5-10(4)15-13(17)16-12-9(3)6-8(2)7-11(12)14/h6-7,10H,5H2,1-4H3,(H2,15,16,17)/t10-/m0/s1. The summed E-state index contributed by atoms with van der Waals surface area (Å²) in [6.45, 7) is 7.89. The largest absolute Gasteiger partial charge is 0.335 e. The third-order valence-electron chi connectivity index (χ3n) is 2.66. The van der Waals surface area contributed by atoms with Gasteiger partial charge >= 0.3 is 6.03 Å². The second-order valence-corrected chi connectivity index (χ2v) is 4.75. The lowest BCUT2D eigenvalue weighted by atomic mass is 10.1. The van der Waals surface area contributed by atoms with Crippen molar-refractivity contribution >= 4 is 23.3 Å². The zero-order valence-electron chi connectivity index (χ0n) is 10.7. The molecular weight excluding hydrogens is 236 g/mol. The van der Waals surface area contributed by atoms with Crippen LogP contribution in [0.4, 0.5) is 10.5 Å². The lowest BCUT2D eigenvalue weighted by molar-refractivity contribution is 0.249. The van der Waals surface area contributed by atoms with E-state index in [0.29, 0.717) is 10.7 Å². The van der Waals surface area contributed by atoms with Gasteiger partial charge in [-0.25, -0.2) is 4.79 Å². The zero-order valence-corrected chi connectivity index (χ0v) is 11.5. The van der Waals surface area contributed by atoms with Gasteiger partial charge in [0.25, 0.3) is 0 Å². The molecule has 17 heavy (non-hydrogen) atoms. The number of hydrogen-bond acceptors (Lipinski definition) is 1. The highest BCUT2D eigenvalue weighted by Crippen LogP contribution is 2.27. The van der Waals surface area contributed by atoms with Crippen LogP contribution in [0.2, 0.25) is 5.02 Å². The minimum atomic E-state index is -0.215. The normalized spacial score (nSPS) is 12.1. The van der Waals surface area contributed by atoms with E-state index in [1.807, 2.05) is 39.8 Å². The number of nitrogens with one attached hydrogen (secondary N) is 2. The lowest BCUT2D eigenvalue weighted by Gasteiger charge is -2.15. The van der Waals surface area contributed by atoms with E-state index in [4.69, 9.17) is 11.6 Å². The first-order valence-corrected chi connectivity index (χ1v) is 6.16. The Hall–Kier alpha value is -1.22. The van der Waals surface area contributed by atoms with E-state index in [9.17, 15) is 4.79 Å². The van der Waals surface area contributed by atoms with Gasteiger partial charge in [-0.1, -0.05) is 24.6 Å². The van der Waals surface area contributed by atoms with Gasteiger partial charge in [0.05, 0.1) is 10.7 Å². The molecule has 4 heteroatoms. The molecule has 1 aromatic rings. The van der Waals surface area contributed by atoms with E-state index >= 15 is 0 Å². The highest BCUT2D eigenvalue weighted by Gasteiger charge is 2.10. The van der Waals surface area contributed by atoms with Crippen LogP contribution in [0.25, 0.3) is 0 Å². The maximum atomic E-state index is 11.7. The molecule has 0 aromatic heterocycles. The molecule has 0 fully saturated rings. The quantitative estimate of drug-likeness (QED) is 0.845. The van der Waals surface area contributed by atoms with Crippen LogP contribution in [0.1, 0.15) is 31.4 Å². The van der Waals surface area contributed by atoms with Crippen molar-refractivity contribution < 1.29 is 4.79 Å². The van der Waals surface area contributed by atoms with Crippen molar-refractivity contribution in [3.8, 4) is 0 Å². The minimum absolute atomic E-state index is 0.152. The Bertz CT molecular complexity index is 395. The molecule has 0 heterocycles. The second-order valence-electron chi connectivity index (χ2n) is 4.35. The SMILES string of the molecule is CC[C@H](C)NC(=O)Nc1c(C)cc(C)cc1Cl. The Morgan fingerprint density at radius 1 is 1.41 bits per heavy atom. The molecule has 1 aromatic carbocycles. The highest BCUT2D eigenvalue weighted by atomic mass is 35.5. The van der Waals surface area contributed by atoms with Gasteiger partial charge in [-0.3, -0.25) is 0 Å². The van der Waals surface area contributed by atoms with E-state index in [2.05, 4.69) is 10.6 Å². The molecule has 0 saturated heterocycles. The Morgan fingerprint density at radius 2 is 2.06 bits per heavy atom. The lowest BCUT2D eigenvalue weighted by Crippen LogP contribution is -2.35. The second kappa shape index (κ2) is 5.92. The fourth-order valence-electron chi connectivity index (χ4n) is 1.55. The number of amides is 2. The van der Waals surface area contributed by atoms with Gasteiger partial charge in [0.1, 0.15) is 0 Å². The average Bonchev–Trinajstić information content (AvgIpc) is 2.23. The van der Waals surface area contributed by atoms with Crippen molar-refractivity contribution in [2.24, 2.45) is 0 Å². The van der Waals surface area contributed by atoms with E-state index in [1.165, 1.54) is 0 Å². The number of anilines is 1. The molecule has 0 bridgehead atoms. The van der Waals surface area contributed by atoms with Crippen LogP contribution in [0.15, 0.2) is 12.1 Å². The zero-order chi connectivity index (χ0) is 13.0. The van der Waals surface area contributed by atoms with Crippen LogP contribution in [0.5, 0.6) is 0 Å². The smallest absolute Gasteiger partial charge is 0.319 e. The average molecular weight is 255 g/mol. The van der Waals surface area contributed by atoms with Gasteiger partial charge in [-0.2, -0.15) is 0 Å². The van der Waals surface area contributed by atoms with E-state index in [1.54, 1.807) is 0 Å². The maximum Gasteiger partial charge on any atom is 0.319 e. The van der Waals surface area contributed by atoms with Crippen molar-refractivity contribution in [1.82, 2.24) is 5.32 Å². The molecule has 0 radical (unpaired) electrons. The van der Waals surface area contributed by atoms with Crippen LogP contribution in [0.3, 0.4) is 0 Å². The number of aryl methyl sites for hydroxylation is 2. The Balaban J connectivity index is 2.78. The monoisotopic (exact) mass is 254 g/mol. The number of urea groups is 1. The summed E-state index contributed by atoms with van der Waals surface area (Å²) in [6, 6.07) is 3.77. The van der Waals surface area contributed by atoms with Crippen molar-refractivity contribution in [3.05, 3.63) is 28.3 Å². The van der Waals surface area contributed by atoms with Crippen LogP contribution < -0.4 is 10.6 Å². The van der Waals surface area contributed by atoms with Crippen LogP contribution >= 0.6 is 11.6 Å². The molecule has 2 amide bonds. The van der Waals surface area contributed by atoms with Gasteiger partial charge in [0.2, 0.25) is 0 Å². The third-order valence-corrected chi connectivity index (χ3v) is 2.96. The Morgan fingerprint density at radius 3 is 2.59 bits per heavy atom. The van der Waals surface area contributed by atoms with Gasteiger partial charge in [0.15, 0.2) is 0 Å². The number of hydrogen-bond donors (Lipinski definition) is 2. The molecule has 2 N–H and O–H groups in total. The molecular formula is C13H19ClN2O. The summed E-state index contributed by atoms with van der Waals surface area (Å²) in [5.74, 6) is 0. The summed E-state index contributed by atoms with van der Waals surface area (Å²) >= 11 is 6.11. The number of benzene rings is 1. The first-order valence-electron chi connectivity index (χ1n) is 5.78. The number of halogens is 1. The van der Waals surface area contributed by atoms with Gasteiger partial charge in [0, 0.05) is 6.04 Å². The summed E-state index contributed by atoms with van der Waals surface area (Å²) in [6.07, 6.45) is 0.897. The molecule has 3 nitrogen and oxygen atoms in total. The molecule has 0 saturated carbocycles. The fraction of sp³-hybridized carbons (Fsp3) is 0.462. The minimum Gasteiger partial charge on any atom is -0.335 e. The van der Waals surface area contributed by atoms with Gasteiger partial charge in [-0.05, 0) is 44.4 Å². The van der Waals surface area contributed by atoms with Crippen LogP contribution in [-0.4, -0.2) is 12.1 Å². The number of rotatable bonds is 3. The maximum absolute atomic E-state index is 11.7. The number of carbonyl (C=O) groups excluding carboxylic acids is 1. The van der Waals surface area contributed by atoms with E-state index in [-0.39, 0.29) is 12.1 Å². The third kappa shape index (κ3) is 3.93. The molecule has 0 aliphatic heterocycles. The molecule has 1 atom stereocenters. The summed E-state index contributed by atoms with van der Waals surface area (Å²) in [5, 5.41) is 6.20. The topological polar surface area (TPSA) is 41.1 Å².